The molecule has 1 amide bonds. The Morgan fingerprint density at radius 3 is 2.27 bits per heavy atom. The molecule has 0 aromatic heterocycles. The van der Waals surface area contributed by atoms with Crippen molar-refractivity contribution >= 4 is 11.9 Å². The summed E-state index contributed by atoms with van der Waals surface area (Å²) in [6.45, 7) is 13.5. The number of carbonyl (C=O) groups excluding carboxylic acids is 2. The summed E-state index contributed by atoms with van der Waals surface area (Å²) < 4.78 is 10.5. The van der Waals surface area contributed by atoms with Gasteiger partial charge in [-0.2, -0.15) is 0 Å². The molecule has 0 aliphatic rings. The van der Waals surface area contributed by atoms with E-state index >= 15 is 0 Å². The zero-order valence-electron chi connectivity index (χ0n) is 16.2. The van der Waals surface area contributed by atoms with Gasteiger partial charge in [0.2, 0.25) is 0 Å². The second-order valence-electron chi connectivity index (χ2n) is 6.81. The van der Waals surface area contributed by atoms with E-state index in [1.807, 2.05) is 30.3 Å². The van der Waals surface area contributed by atoms with Gasteiger partial charge in [0.15, 0.2) is 6.10 Å². The van der Waals surface area contributed by atoms with Gasteiger partial charge in [-0.1, -0.05) is 43.5 Å². The molecular formula is C20H28N2O4. The Kier molecular flexibility index (Phi) is 7.58. The molecule has 0 fully saturated rings. The summed E-state index contributed by atoms with van der Waals surface area (Å²) in [5.74, 6) is -1.02. The summed E-state index contributed by atoms with van der Waals surface area (Å²) in [5, 5.41) is 2.98. The minimum absolute atomic E-state index is 0.180. The van der Waals surface area contributed by atoms with Gasteiger partial charge in [0.25, 0.3) is 5.91 Å². The molecule has 1 aromatic rings. The second-order valence-corrected chi connectivity index (χ2v) is 6.81. The predicted molar refractivity (Wildman–Crippen MR) is 101 cm³/mol. The van der Waals surface area contributed by atoms with Crippen LogP contribution in [0.3, 0.4) is 0 Å². The van der Waals surface area contributed by atoms with Crippen molar-refractivity contribution in [3.05, 3.63) is 60.4 Å². The molecule has 1 unspecified atom stereocenters. The molecule has 26 heavy (non-hydrogen) atoms. The lowest BCUT2D eigenvalue weighted by molar-refractivity contribution is -0.161. The fourth-order valence-electron chi connectivity index (χ4n) is 2.10. The van der Waals surface area contributed by atoms with E-state index in [4.69, 9.17) is 9.47 Å². The summed E-state index contributed by atoms with van der Waals surface area (Å²) in [6, 6.07) is 9.64. The lowest BCUT2D eigenvalue weighted by Crippen LogP contribution is -2.43. The third-order valence-corrected chi connectivity index (χ3v) is 3.53. The minimum atomic E-state index is -1.09. The first kappa shape index (κ1) is 21.4. The summed E-state index contributed by atoms with van der Waals surface area (Å²) in [5.41, 5.74) is 0.775. The van der Waals surface area contributed by atoms with Crippen molar-refractivity contribution in [1.29, 1.82) is 0 Å². The number of hydrogen-bond acceptors (Lipinski definition) is 5. The molecular weight excluding hydrogens is 332 g/mol. The highest BCUT2D eigenvalue weighted by Crippen LogP contribution is 2.19. The number of carbonyl (C=O) groups is 2. The highest BCUT2D eigenvalue weighted by atomic mass is 16.6. The van der Waals surface area contributed by atoms with Gasteiger partial charge in [-0.3, -0.25) is 4.79 Å². The number of nitrogens with zero attached hydrogens (tertiary/aromatic N) is 1. The van der Waals surface area contributed by atoms with Crippen LogP contribution in [0.4, 0.5) is 0 Å². The smallest absolute Gasteiger partial charge is 0.341 e. The number of hydrogen-bond donors (Lipinski definition) is 1. The molecule has 0 spiro atoms. The van der Waals surface area contributed by atoms with Crippen molar-refractivity contribution in [1.82, 2.24) is 10.2 Å². The first-order valence-electron chi connectivity index (χ1n) is 8.26. The van der Waals surface area contributed by atoms with Gasteiger partial charge in [-0.15, -0.1) is 0 Å². The molecule has 6 heteroatoms. The maximum Gasteiger partial charge on any atom is 0.341 e. The molecule has 142 valence electrons. The molecule has 0 saturated carbocycles. The van der Waals surface area contributed by atoms with Crippen LogP contribution in [0, 0.1) is 0 Å². The van der Waals surface area contributed by atoms with Gasteiger partial charge < -0.3 is 19.7 Å². The Balaban J connectivity index is 2.78. The molecule has 0 aliphatic heterocycles. The normalized spacial score (nSPS) is 12.0. The topological polar surface area (TPSA) is 67.9 Å². The van der Waals surface area contributed by atoms with Gasteiger partial charge in [0, 0.05) is 13.6 Å². The molecule has 6 nitrogen and oxygen atoms in total. The lowest BCUT2D eigenvalue weighted by atomic mass is 10.1. The number of ether oxygens (including phenoxy) is 2. The molecule has 1 N–H and O–H groups in total. The molecule has 0 aliphatic carbocycles. The van der Waals surface area contributed by atoms with Crippen molar-refractivity contribution < 1.29 is 19.1 Å². The van der Waals surface area contributed by atoms with E-state index in [0.717, 1.165) is 5.56 Å². The zero-order valence-corrected chi connectivity index (χ0v) is 16.2. The van der Waals surface area contributed by atoms with Crippen LogP contribution < -0.4 is 5.32 Å². The monoisotopic (exact) mass is 360 g/mol. The van der Waals surface area contributed by atoms with Gasteiger partial charge in [0.1, 0.15) is 0 Å². The number of nitrogens with one attached hydrogen (secondary N) is 1. The van der Waals surface area contributed by atoms with Crippen molar-refractivity contribution in [2.24, 2.45) is 0 Å². The fourth-order valence-corrected chi connectivity index (χ4v) is 2.10. The average molecular weight is 360 g/mol. The van der Waals surface area contributed by atoms with E-state index in [1.165, 1.54) is 19.1 Å². The van der Waals surface area contributed by atoms with Crippen molar-refractivity contribution in [2.45, 2.75) is 39.0 Å². The van der Waals surface area contributed by atoms with Crippen LogP contribution >= 0.6 is 0 Å². The number of likely N-dealkylation sites (N-methyl/N-ethyl adjacent to an activating group) is 1. The summed E-state index contributed by atoms with van der Waals surface area (Å²) in [6.07, 6.45) is -1.09. The Morgan fingerprint density at radius 2 is 1.77 bits per heavy atom. The van der Waals surface area contributed by atoms with Crippen LogP contribution in [0.2, 0.25) is 0 Å². The molecule has 1 rings (SSSR count). The Labute approximate surface area is 155 Å². The summed E-state index contributed by atoms with van der Waals surface area (Å²) in [7, 11) is 2.78. The highest BCUT2D eigenvalue weighted by molar-refractivity contribution is 5.94. The number of benzene rings is 1. The van der Waals surface area contributed by atoms with E-state index in [9.17, 15) is 9.59 Å². The Morgan fingerprint density at radius 1 is 1.19 bits per heavy atom. The molecule has 1 atom stereocenters. The third-order valence-electron chi connectivity index (χ3n) is 3.53. The van der Waals surface area contributed by atoms with Crippen LogP contribution in [0.5, 0.6) is 0 Å². The fraction of sp³-hybridized carbons (Fsp3) is 0.400. The van der Waals surface area contributed by atoms with Crippen molar-refractivity contribution in [2.75, 3.05) is 14.2 Å². The average Bonchev–Trinajstić information content (AvgIpc) is 2.61. The molecule has 0 radical (unpaired) electrons. The van der Waals surface area contributed by atoms with Crippen LogP contribution in [0.25, 0.3) is 0 Å². The second kappa shape index (κ2) is 9.20. The lowest BCUT2D eigenvalue weighted by Gasteiger charge is -2.31. The van der Waals surface area contributed by atoms with Gasteiger partial charge in [-0.05, 0) is 26.3 Å². The molecule has 0 heterocycles. The zero-order chi connectivity index (χ0) is 19.9. The van der Waals surface area contributed by atoms with E-state index in [0.29, 0.717) is 6.54 Å². The molecule has 0 bridgehead atoms. The minimum Gasteiger partial charge on any atom is -0.467 e. The Hall–Kier alpha value is -2.60. The highest BCUT2D eigenvalue weighted by Gasteiger charge is 2.32. The van der Waals surface area contributed by atoms with Crippen molar-refractivity contribution in [3.8, 4) is 0 Å². The molecule has 0 saturated heterocycles. The molecule has 1 aromatic carbocycles. The number of rotatable bonds is 8. The SMILES string of the molecule is C=C(NCc1ccccc1)C(=O)N(C)C(=C)C(OC(C)(C)C)C(=O)OC. The maximum absolute atomic E-state index is 12.6. The van der Waals surface area contributed by atoms with Crippen molar-refractivity contribution in [3.63, 3.8) is 0 Å². The predicted octanol–water partition coefficient (Wildman–Crippen LogP) is 2.62. The number of esters is 1. The van der Waals surface area contributed by atoms with E-state index < -0.39 is 23.6 Å². The number of methoxy groups -OCH3 is 1. The van der Waals surface area contributed by atoms with Crippen LogP contribution in [-0.2, 0) is 25.6 Å². The quantitative estimate of drug-likeness (QED) is 0.570. The van der Waals surface area contributed by atoms with E-state index in [-0.39, 0.29) is 11.4 Å². The van der Waals surface area contributed by atoms with Crippen LogP contribution in [-0.4, -0.2) is 42.6 Å². The maximum atomic E-state index is 12.6. The van der Waals surface area contributed by atoms with Gasteiger partial charge in [-0.25, -0.2) is 4.79 Å². The number of amides is 1. The summed E-state index contributed by atoms with van der Waals surface area (Å²) >= 11 is 0. The van der Waals surface area contributed by atoms with E-state index in [1.54, 1.807) is 20.8 Å². The first-order valence-corrected chi connectivity index (χ1v) is 8.26. The summed E-state index contributed by atoms with van der Waals surface area (Å²) in [4.78, 5) is 25.9. The Bertz CT molecular complexity index is 662. The largest absolute Gasteiger partial charge is 0.467 e. The first-order chi connectivity index (χ1) is 12.1. The van der Waals surface area contributed by atoms with Crippen LogP contribution in [0.15, 0.2) is 54.9 Å². The van der Waals surface area contributed by atoms with Gasteiger partial charge in [0.05, 0.1) is 24.1 Å². The standard InChI is InChI=1S/C20H28N2O4/c1-14(21-13-16-11-9-8-10-12-16)18(23)22(6)15(2)17(19(24)25-7)26-20(3,4)5/h8-12,17,21H,1-2,13H2,3-7H3. The van der Waals surface area contributed by atoms with E-state index in [2.05, 4.69) is 18.5 Å². The third kappa shape index (κ3) is 6.37. The van der Waals surface area contributed by atoms with Gasteiger partial charge >= 0.3 is 5.97 Å². The van der Waals surface area contributed by atoms with Crippen LogP contribution in [0.1, 0.15) is 26.3 Å².